The van der Waals surface area contributed by atoms with Crippen LogP contribution in [0.3, 0.4) is 0 Å². The smallest absolute Gasteiger partial charge is 0.422 e. The van der Waals surface area contributed by atoms with Crippen molar-refractivity contribution in [1.29, 1.82) is 0 Å². The van der Waals surface area contributed by atoms with Crippen molar-refractivity contribution in [2.75, 3.05) is 13.2 Å². The van der Waals surface area contributed by atoms with Gasteiger partial charge in [0.1, 0.15) is 5.75 Å². The van der Waals surface area contributed by atoms with Crippen LogP contribution in [0.5, 0.6) is 5.75 Å². The molecule has 1 aromatic rings. The number of ether oxygens (including phenoxy) is 1. The van der Waals surface area contributed by atoms with Gasteiger partial charge >= 0.3 is 6.18 Å². The van der Waals surface area contributed by atoms with E-state index in [1.165, 1.54) is 12.1 Å². The first kappa shape index (κ1) is 15.3. The lowest BCUT2D eigenvalue weighted by atomic mass is 10.2. The fraction of sp³-hybridized carbons (Fsp3) is 0.417. The Balaban J connectivity index is 2.41. The SMILES string of the molecule is NCCC(=O)NCc1ccc(OCC(F)(F)F)cc1. The van der Waals surface area contributed by atoms with E-state index in [0.717, 1.165) is 5.56 Å². The van der Waals surface area contributed by atoms with E-state index in [4.69, 9.17) is 5.73 Å². The minimum absolute atomic E-state index is 0.134. The topological polar surface area (TPSA) is 64.4 Å². The Hall–Kier alpha value is -1.76. The second-order valence-electron chi connectivity index (χ2n) is 3.86. The van der Waals surface area contributed by atoms with E-state index < -0.39 is 12.8 Å². The summed E-state index contributed by atoms with van der Waals surface area (Å²) in [6, 6.07) is 6.04. The summed E-state index contributed by atoms with van der Waals surface area (Å²) >= 11 is 0. The van der Waals surface area contributed by atoms with Gasteiger partial charge in [-0.15, -0.1) is 0 Å². The summed E-state index contributed by atoms with van der Waals surface area (Å²) in [7, 11) is 0. The highest BCUT2D eigenvalue weighted by Gasteiger charge is 2.28. The molecule has 0 aliphatic heterocycles. The van der Waals surface area contributed by atoms with Crippen LogP contribution in [-0.4, -0.2) is 25.2 Å². The highest BCUT2D eigenvalue weighted by molar-refractivity contribution is 5.76. The lowest BCUT2D eigenvalue weighted by molar-refractivity contribution is -0.153. The monoisotopic (exact) mass is 276 g/mol. The van der Waals surface area contributed by atoms with Crippen LogP contribution in [0.4, 0.5) is 13.2 Å². The Kier molecular flexibility index (Phi) is 5.62. The largest absolute Gasteiger partial charge is 0.484 e. The van der Waals surface area contributed by atoms with Crippen LogP contribution in [0.25, 0.3) is 0 Å². The summed E-state index contributed by atoms with van der Waals surface area (Å²) in [5.41, 5.74) is 5.99. The van der Waals surface area contributed by atoms with Gasteiger partial charge < -0.3 is 15.8 Å². The fourth-order valence-electron chi connectivity index (χ4n) is 1.29. The zero-order chi connectivity index (χ0) is 14.3. The van der Waals surface area contributed by atoms with Crippen molar-refractivity contribution in [3.8, 4) is 5.75 Å². The first-order valence-corrected chi connectivity index (χ1v) is 5.66. The molecule has 4 nitrogen and oxygen atoms in total. The average Bonchev–Trinajstić information content (AvgIpc) is 2.34. The van der Waals surface area contributed by atoms with Gasteiger partial charge in [-0.25, -0.2) is 0 Å². The molecule has 7 heteroatoms. The number of nitrogens with one attached hydrogen (secondary N) is 1. The van der Waals surface area contributed by atoms with Gasteiger partial charge in [0, 0.05) is 19.5 Å². The van der Waals surface area contributed by atoms with Gasteiger partial charge in [0.2, 0.25) is 5.91 Å². The molecule has 1 aromatic carbocycles. The van der Waals surface area contributed by atoms with Gasteiger partial charge in [0.25, 0.3) is 0 Å². The molecule has 0 fully saturated rings. The molecule has 0 bridgehead atoms. The highest BCUT2D eigenvalue weighted by Crippen LogP contribution is 2.18. The normalized spacial score (nSPS) is 11.2. The lowest BCUT2D eigenvalue weighted by Gasteiger charge is -2.10. The number of hydrogen-bond donors (Lipinski definition) is 2. The third kappa shape index (κ3) is 6.66. The maximum absolute atomic E-state index is 11.9. The van der Waals surface area contributed by atoms with Crippen LogP contribution in [-0.2, 0) is 11.3 Å². The molecule has 106 valence electrons. The highest BCUT2D eigenvalue weighted by atomic mass is 19.4. The Bertz CT molecular complexity index is 404. The van der Waals surface area contributed by atoms with Crippen LogP contribution in [0.15, 0.2) is 24.3 Å². The molecule has 0 saturated heterocycles. The minimum atomic E-state index is -4.35. The third-order valence-corrected chi connectivity index (χ3v) is 2.19. The van der Waals surface area contributed by atoms with Crippen LogP contribution in [0.2, 0.25) is 0 Å². The Morgan fingerprint density at radius 2 is 1.89 bits per heavy atom. The number of amides is 1. The standard InChI is InChI=1S/C12H15F3N2O2/c13-12(14,15)8-19-10-3-1-9(2-4-10)7-17-11(18)5-6-16/h1-4H,5-8,16H2,(H,17,18). The molecular formula is C12H15F3N2O2. The Morgan fingerprint density at radius 1 is 1.26 bits per heavy atom. The molecule has 0 aromatic heterocycles. The molecule has 0 aliphatic rings. The molecule has 19 heavy (non-hydrogen) atoms. The summed E-state index contributed by atoms with van der Waals surface area (Å²) in [6.45, 7) is -0.742. The molecule has 0 heterocycles. The van der Waals surface area contributed by atoms with Crippen LogP contribution in [0.1, 0.15) is 12.0 Å². The third-order valence-electron chi connectivity index (χ3n) is 2.19. The van der Waals surface area contributed by atoms with Gasteiger partial charge in [0.05, 0.1) is 0 Å². The molecule has 0 radical (unpaired) electrons. The van der Waals surface area contributed by atoms with Crippen molar-refractivity contribution in [2.45, 2.75) is 19.1 Å². The number of carbonyl (C=O) groups is 1. The Morgan fingerprint density at radius 3 is 2.42 bits per heavy atom. The van der Waals surface area contributed by atoms with E-state index >= 15 is 0 Å². The van der Waals surface area contributed by atoms with E-state index in [9.17, 15) is 18.0 Å². The van der Waals surface area contributed by atoms with E-state index in [2.05, 4.69) is 10.1 Å². The molecule has 1 rings (SSSR count). The fourth-order valence-corrected chi connectivity index (χ4v) is 1.29. The molecular weight excluding hydrogens is 261 g/mol. The number of nitrogens with two attached hydrogens (primary N) is 1. The van der Waals surface area contributed by atoms with Gasteiger partial charge in [-0.1, -0.05) is 12.1 Å². The van der Waals surface area contributed by atoms with Crippen molar-refractivity contribution < 1.29 is 22.7 Å². The molecule has 0 aliphatic carbocycles. The number of alkyl halides is 3. The number of hydrogen-bond acceptors (Lipinski definition) is 3. The summed E-state index contributed by atoms with van der Waals surface area (Å²) < 4.78 is 40.3. The minimum Gasteiger partial charge on any atom is -0.484 e. The van der Waals surface area contributed by atoms with Crippen molar-refractivity contribution in [3.05, 3.63) is 29.8 Å². The zero-order valence-electron chi connectivity index (χ0n) is 10.2. The zero-order valence-corrected chi connectivity index (χ0v) is 10.2. The van der Waals surface area contributed by atoms with Crippen molar-refractivity contribution in [2.24, 2.45) is 5.73 Å². The van der Waals surface area contributed by atoms with Gasteiger partial charge in [-0.2, -0.15) is 13.2 Å². The summed E-state index contributed by atoms with van der Waals surface area (Å²) in [4.78, 5) is 11.2. The predicted molar refractivity (Wildman–Crippen MR) is 63.5 cm³/mol. The number of rotatable bonds is 6. The van der Waals surface area contributed by atoms with Crippen LogP contribution < -0.4 is 15.8 Å². The number of carbonyl (C=O) groups excluding carboxylic acids is 1. The van der Waals surface area contributed by atoms with Gasteiger partial charge in [-0.3, -0.25) is 4.79 Å². The van der Waals surface area contributed by atoms with E-state index in [1.54, 1.807) is 12.1 Å². The Labute approximate surface area is 108 Å². The lowest BCUT2D eigenvalue weighted by Crippen LogP contribution is -2.24. The summed E-state index contributed by atoms with van der Waals surface area (Å²) in [5.74, 6) is -0.0331. The molecule has 1 amide bonds. The maximum atomic E-state index is 11.9. The quantitative estimate of drug-likeness (QED) is 0.829. The molecule has 0 saturated carbocycles. The average molecular weight is 276 g/mol. The van der Waals surface area contributed by atoms with Crippen molar-refractivity contribution >= 4 is 5.91 Å². The van der Waals surface area contributed by atoms with E-state index in [-0.39, 0.29) is 24.6 Å². The van der Waals surface area contributed by atoms with Crippen molar-refractivity contribution in [3.63, 3.8) is 0 Å². The first-order chi connectivity index (χ1) is 8.90. The second-order valence-corrected chi connectivity index (χ2v) is 3.86. The maximum Gasteiger partial charge on any atom is 0.422 e. The molecule has 0 spiro atoms. The molecule has 0 atom stereocenters. The summed E-state index contributed by atoms with van der Waals surface area (Å²) in [6.07, 6.45) is -4.11. The first-order valence-electron chi connectivity index (χ1n) is 5.66. The predicted octanol–water partition coefficient (Wildman–Crippen LogP) is 1.59. The summed E-state index contributed by atoms with van der Waals surface area (Å²) in [5, 5.41) is 2.64. The van der Waals surface area contributed by atoms with Crippen LogP contribution in [0, 0.1) is 0 Å². The van der Waals surface area contributed by atoms with Crippen molar-refractivity contribution in [1.82, 2.24) is 5.32 Å². The van der Waals surface area contributed by atoms with E-state index in [1.807, 2.05) is 0 Å². The van der Waals surface area contributed by atoms with Gasteiger partial charge in [0.15, 0.2) is 6.61 Å². The molecule has 3 N–H and O–H groups in total. The van der Waals surface area contributed by atoms with E-state index in [0.29, 0.717) is 6.54 Å². The molecule has 0 unspecified atom stereocenters. The van der Waals surface area contributed by atoms with Gasteiger partial charge in [-0.05, 0) is 17.7 Å². The number of benzene rings is 1. The van der Waals surface area contributed by atoms with Crippen LogP contribution >= 0.6 is 0 Å². The second kappa shape index (κ2) is 6.98. The number of halogens is 3.